The topological polar surface area (TPSA) is 39.5 Å². The molecule has 5 rings (SSSR count). The van der Waals surface area contributed by atoms with Crippen molar-refractivity contribution in [3.05, 3.63) is 126 Å². The van der Waals surface area contributed by atoms with Gasteiger partial charge in [-0.2, -0.15) is 0 Å². The van der Waals surface area contributed by atoms with E-state index in [1.165, 1.54) is 11.3 Å². The molecule has 0 N–H and O–H groups in total. The van der Waals surface area contributed by atoms with E-state index in [1.807, 2.05) is 24.3 Å². The zero-order valence-corrected chi connectivity index (χ0v) is 24.3. The number of ether oxygens (including phenoxy) is 2. The summed E-state index contributed by atoms with van der Waals surface area (Å²) >= 11 is 0. The van der Waals surface area contributed by atoms with E-state index in [-0.39, 0.29) is 0 Å². The summed E-state index contributed by atoms with van der Waals surface area (Å²) in [6.45, 7) is 5.41. The minimum atomic E-state index is 0.734. The summed E-state index contributed by atoms with van der Waals surface area (Å²) in [6.07, 6.45) is 2.20. The fourth-order valence-corrected chi connectivity index (χ4v) is 5.28. The van der Waals surface area contributed by atoms with Crippen LogP contribution in [-0.2, 0) is 26.2 Å². The number of hydrogen-bond acceptors (Lipinski definition) is 4. The molecule has 41 heavy (non-hydrogen) atoms. The minimum absolute atomic E-state index is 0.734. The van der Waals surface area contributed by atoms with Crippen LogP contribution in [0.3, 0.4) is 0 Å². The number of methoxy groups -OCH3 is 2. The van der Waals surface area contributed by atoms with E-state index in [0.29, 0.717) is 0 Å². The van der Waals surface area contributed by atoms with Gasteiger partial charge in [0.25, 0.3) is 0 Å². The van der Waals surface area contributed by atoms with Crippen molar-refractivity contribution >= 4 is 0 Å². The molecule has 0 unspecified atom stereocenters. The smallest absolute Gasteiger partial charge is 0.140 e. The molecule has 0 atom stereocenters. The van der Waals surface area contributed by atoms with Gasteiger partial charge in [-0.3, -0.25) is 4.90 Å². The number of para-hydroxylation sites is 1. The first-order valence-electron chi connectivity index (χ1n) is 14.4. The van der Waals surface area contributed by atoms with Crippen molar-refractivity contribution in [1.82, 2.24) is 14.5 Å². The maximum Gasteiger partial charge on any atom is 0.140 e. The van der Waals surface area contributed by atoms with E-state index in [1.54, 1.807) is 14.2 Å². The molecule has 0 aliphatic heterocycles. The normalized spacial score (nSPS) is 11.1. The van der Waals surface area contributed by atoms with Gasteiger partial charge in [0.1, 0.15) is 17.3 Å². The SMILES string of the molecule is CCCCn1c(-c2ccccc2)nc(-c2ccccc2)c1CN(Cc1ccc(OC)cc1)Cc1ccccc1OC. The predicted octanol–water partition coefficient (Wildman–Crippen LogP) is 8.24. The average molecular weight is 546 g/mol. The van der Waals surface area contributed by atoms with Crippen LogP contribution in [0.25, 0.3) is 22.6 Å². The van der Waals surface area contributed by atoms with Gasteiger partial charge in [0.15, 0.2) is 0 Å². The molecule has 4 aromatic carbocycles. The standard InChI is InChI=1S/C36H39N3O2/c1-4-5-24-39-33(35(29-14-8-6-9-15-29)37-36(39)30-16-10-7-11-17-30)27-38(25-28-20-22-32(40-2)23-21-28)26-31-18-12-13-19-34(31)41-3/h6-23H,4-5,24-27H2,1-3H3. The monoisotopic (exact) mass is 545 g/mol. The zero-order valence-electron chi connectivity index (χ0n) is 24.3. The Morgan fingerprint density at radius 3 is 2.00 bits per heavy atom. The van der Waals surface area contributed by atoms with Gasteiger partial charge in [0, 0.05) is 42.9 Å². The lowest BCUT2D eigenvalue weighted by Gasteiger charge is -2.25. The molecule has 1 heterocycles. The lowest BCUT2D eigenvalue weighted by atomic mass is 10.1. The maximum absolute atomic E-state index is 5.75. The van der Waals surface area contributed by atoms with Crippen molar-refractivity contribution in [3.8, 4) is 34.1 Å². The molecule has 0 aliphatic rings. The molecule has 1 aromatic heterocycles. The van der Waals surface area contributed by atoms with Crippen molar-refractivity contribution in [2.45, 2.75) is 45.9 Å². The Balaban J connectivity index is 1.61. The van der Waals surface area contributed by atoms with Crippen molar-refractivity contribution in [3.63, 3.8) is 0 Å². The van der Waals surface area contributed by atoms with Crippen LogP contribution < -0.4 is 9.47 Å². The molecule has 5 aromatic rings. The van der Waals surface area contributed by atoms with Gasteiger partial charge in [-0.1, -0.05) is 104 Å². The van der Waals surface area contributed by atoms with Crippen LogP contribution in [0.4, 0.5) is 0 Å². The molecule has 0 saturated carbocycles. The summed E-state index contributed by atoms with van der Waals surface area (Å²) in [5.41, 5.74) is 6.93. The highest BCUT2D eigenvalue weighted by molar-refractivity contribution is 5.68. The van der Waals surface area contributed by atoms with Crippen LogP contribution >= 0.6 is 0 Å². The van der Waals surface area contributed by atoms with Crippen LogP contribution in [0.1, 0.15) is 36.6 Å². The Labute approximate surface area is 244 Å². The van der Waals surface area contributed by atoms with Gasteiger partial charge in [-0.25, -0.2) is 4.98 Å². The van der Waals surface area contributed by atoms with Gasteiger partial charge >= 0.3 is 0 Å². The molecule has 5 heteroatoms. The second-order valence-electron chi connectivity index (χ2n) is 10.3. The summed E-state index contributed by atoms with van der Waals surface area (Å²) in [7, 11) is 3.45. The fourth-order valence-electron chi connectivity index (χ4n) is 5.28. The van der Waals surface area contributed by atoms with Gasteiger partial charge in [0.05, 0.1) is 25.6 Å². The molecule has 0 aliphatic carbocycles. The van der Waals surface area contributed by atoms with Crippen LogP contribution in [0.5, 0.6) is 11.5 Å². The Hall–Kier alpha value is -4.35. The molecule has 0 saturated heterocycles. The molecule has 0 amide bonds. The third kappa shape index (κ3) is 6.87. The number of rotatable bonds is 13. The number of aromatic nitrogens is 2. The van der Waals surface area contributed by atoms with Gasteiger partial charge in [-0.05, 0) is 30.2 Å². The van der Waals surface area contributed by atoms with Crippen molar-refractivity contribution in [2.24, 2.45) is 0 Å². The summed E-state index contributed by atoms with van der Waals surface area (Å²) < 4.78 is 13.6. The lowest BCUT2D eigenvalue weighted by Crippen LogP contribution is -2.25. The predicted molar refractivity (Wildman–Crippen MR) is 167 cm³/mol. The lowest BCUT2D eigenvalue weighted by molar-refractivity contribution is 0.237. The Morgan fingerprint density at radius 1 is 0.683 bits per heavy atom. The van der Waals surface area contributed by atoms with E-state index in [0.717, 1.165) is 78.7 Å². The Morgan fingerprint density at radius 2 is 1.34 bits per heavy atom. The second kappa shape index (κ2) is 13.8. The van der Waals surface area contributed by atoms with E-state index < -0.39 is 0 Å². The highest BCUT2D eigenvalue weighted by Gasteiger charge is 2.22. The number of benzene rings is 4. The highest BCUT2D eigenvalue weighted by atomic mass is 16.5. The largest absolute Gasteiger partial charge is 0.497 e. The molecule has 210 valence electrons. The molecule has 0 radical (unpaired) electrons. The third-order valence-corrected chi connectivity index (χ3v) is 7.41. The molecule has 0 bridgehead atoms. The second-order valence-corrected chi connectivity index (χ2v) is 10.3. The van der Waals surface area contributed by atoms with E-state index in [9.17, 15) is 0 Å². The summed E-state index contributed by atoms with van der Waals surface area (Å²) in [5, 5.41) is 0. The maximum atomic E-state index is 5.75. The first-order chi connectivity index (χ1) is 20.2. The number of nitrogens with zero attached hydrogens (tertiary/aromatic N) is 3. The van der Waals surface area contributed by atoms with Gasteiger partial charge in [0.2, 0.25) is 0 Å². The Bertz CT molecular complexity index is 1510. The van der Waals surface area contributed by atoms with Crippen LogP contribution in [0.15, 0.2) is 109 Å². The summed E-state index contributed by atoms with van der Waals surface area (Å²) in [4.78, 5) is 7.81. The molecule has 0 spiro atoms. The fraction of sp³-hybridized carbons (Fsp3) is 0.250. The molecular weight excluding hydrogens is 506 g/mol. The van der Waals surface area contributed by atoms with E-state index in [4.69, 9.17) is 14.5 Å². The average Bonchev–Trinajstić information content (AvgIpc) is 3.39. The number of unbranched alkanes of at least 4 members (excludes halogenated alkanes) is 1. The number of hydrogen-bond donors (Lipinski definition) is 0. The minimum Gasteiger partial charge on any atom is -0.497 e. The summed E-state index contributed by atoms with van der Waals surface area (Å²) in [5.74, 6) is 2.79. The van der Waals surface area contributed by atoms with Crippen molar-refractivity contribution in [1.29, 1.82) is 0 Å². The first-order valence-corrected chi connectivity index (χ1v) is 14.4. The Kier molecular flexibility index (Phi) is 9.50. The first kappa shape index (κ1) is 28.2. The molecule has 0 fully saturated rings. The highest BCUT2D eigenvalue weighted by Crippen LogP contribution is 2.32. The molecular formula is C36H39N3O2. The third-order valence-electron chi connectivity index (χ3n) is 7.41. The summed E-state index contributed by atoms with van der Waals surface area (Å²) in [6, 6.07) is 37.8. The van der Waals surface area contributed by atoms with Crippen LogP contribution in [0.2, 0.25) is 0 Å². The van der Waals surface area contributed by atoms with Gasteiger partial charge < -0.3 is 14.0 Å². The molecule has 5 nitrogen and oxygen atoms in total. The van der Waals surface area contributed by atoms with Crippen molar-refractivity contribution < 1.29 is 9.47 Å². The van der Waals surface area contributed by atoms with Gasteiger partial charge in [-0.15, -0.1) is 0 Å². The van der Waals surface area contributed by atoms with Crippen LogP contribution in [-0.4, -0.2) is 28.7 Å². The van der Waals surface area contributed by atoms with Crippen LogP contribution in [0, 0.1) is 0 Å². The number of imidazole rings is 1. The quantitative estimate of drug-likeness (QED) is 0.149. The zero-order chi connectivity index (χ0) is 28.4. The van der Waals surface area contributed by atoms with E-state index >= 15 is 0 Å². The van der Waals surface area contributed by atoms with Crippen molar-refractivity contribution in [2.75, 3.05) is 14.2 Å². The van der Waals surface area contributed by atoms with E-state index in [2.05, 4.69) is 101 Å².